The molecule has 1 N–H and O–H groups in total. The van der Waals surface area contributed by atoms with Crippen molar-refractivity contribution in [3.63, 3.8) is 0 Å². The largest absolute Gasteiger partial charge is 0.333 e. The number of thioether (sulfide) groups is 1. The van der Waals surface area contributed by atoms with Crippen LogP contribution in [0.5, 0.6) is 0 Å². The molecular weight excluding hydrogens is 277 g/mol. The van der Waals surface area contributed by atoms with E-state index in [1.165, 1.54) is 12.1 Å². The Morgan fingerprint density at radius 3 is 3.10 bits per heavy atom. The number of nitrogens with one attached hydrogen (secondary N) is 1. The van der Waals surface area contributed by atoms with Gasteiger partial charge in [-0.05, 0) is 30.7 Å². The molecule has 104 valence electrons. The van der Waals surface area contributed by atoms with E-state index in [0.717, 1.165) is 23.9 Å². The average Bonchev–Trinajstić information content (AvgIpc) is 2.86. The third kappa shape index (κ3) is 2.56. The molecule has 3 rings (SSSR count). The van der Waals surface area contributed by atoms with Crippen LogP contribution in [0.25, 0.3) is 0 Å². The maximum Gasteiger partial charge on any atom is 0.275 e. The number of rotatable bonds is 2. The van der Waals surface area contributed by atoms with Crippen molar-refractivity contribution in [3.05, 3.63) is 47.3 Å². The zero-order chi connectivity index (χ0) is 14.1. The minimum absolute atomic E-state index is 0.258. The average molecular weight is 291 g/mol. The summed E-state index contributed by atoms with van der Waals surface area (Å²) in [5, 5.41) is 2.77. The number of anilines is 1. The van der Waals surface area contributed by atoms with Gasteiger partial charge in [-0.3, -0.25) is 4.79 Å². The van der Waals surface area contributed by atoms with Crippen LogP contribution in [0.4, 0.5) is 10.1 Å². The molecule has 1 aromatic heterocycles. The molecule has 0 saturated carbocycles. The van der Waals surface area contributed by atoms with Crippen LogP contribution in [-0.4, -0.2) is 21.2 Å². The highest BCUT2D eigenvalue weighted by Crippen LogP contribution is 2.20. The molecule has 0 unspecified atom stereocenters. The van der Waals surface area contributed by atoms with E-state index in [2.05, 4.69) is 10.3 Å². The first kappa shape index (κ1) is 13.2. The van der Waals surface area contributed by atoms with E-state index in [0.29, 0.717) is 16.9 Å². The minimum atomic E-state index is -0.310. The molecule has 1 aliphatic rings. The number of carbonyl (C=O) groups is 1. The fourth-order valence-corrected chi connectivity index (χ4v) is 3.04. The van der Waals surface area contributed by atoms with Crippen LogP contribution in [0.2, 0.25) is 0 Å². The van der Waals surface area contributed by atoms with Crippen LogP contribution in [-0.2, 0) is 12.3 Å². The van der Waals surface area contributed by atoms with Crippen molar-refractivity contribution in [2.75, 3.05) is 11.1 Å². The van der Waals surface area contributed by atoms with E-state index >= 15 is 0 Å². The summed E-state index contributed by atoms with van der Waals surface area (Å²) in [5.41, 5.74) is 1.71. The van der Waals surface area contributed by atoms with Gasteiger partial charge in [-0.1, -0.05) is 0 Å². The fraction of sp³-hybridized carbons (Fsp3) is 0.286. The summed E-state index contributed by atoms with van der Waals surface area (Å²) in [6.45, 7) is 2.64. The molecule has 0 saturated heterocycles. The molecule has 0 bridgehead atoms. The van der Waals surface area contributed by atoms with E-state index < -0.39 is 0 Å². The third-order valence-electron chi connectivity index (χ3n) is 3.24. The fourth-order valence-electron chi connectivity index (χ4n) is 2.15. The van der Waals surface area contributed by atoms with Crippen LogP contribution < -0.4 is 5.32 Å². The Bertz CT molecular complexity index is 645. The second kappa shape index (κ2) is 5.28. The van der Waals surface area contributed by atoms with Gasteiger partial charge in [0.15, 0.2) is 0 Å². The number of aromatic nitrogens is 2. The molecule has 1 aromatic carbocycles. The zero-order valence-electron chi connectivity index (χ0n) is 11.0. The van der Waals surface area contributed by atoms with Crippen molar-refractivity contribution in [1.82, 2.24) is 9.55 Å². The standard InChI is InChI=1S/C14H14FN3OS/c1-9-6-10(15)2-3-11(9)17-14(19)12-7-18-4-5-20-8-13(18)16-12/h2-3,6-7H,4-5,8H2,1H3,(H,17,19). The first-order valence-corrected chi connectivity index (χ1v) is 7.50. The van der Waals surface area contributed by atoms with Crippen LogP contribution >= 0.6 is 11.8 Å². The van der Waals surface area contributed by atoms with Gasteiger partial charge in [-0.2, -0.15) is 11.8 Å². The van der Waals surface area contributed by atoms with Crippen molar-refractivity contribution in [2.45, 2.75) is 19.2 Å². The normalized spacial score (nSPS) is 13.9. The Morgan fingerprint density at radius 2 is 2.35 bits per heavy atom. The second-order valence-electron chi connectivity index (χ2n) is 4.70. The number of aryl methyl sites for hydroxylation is 2. The molecule has 20 heavy (non-hydrogen) atoms. The van der Waals surface area contributed by atoms with E-state index in [1.807, 2.05) is 16.3 Å². The number of imidazole rings is 1. The summed E-state index contributed by atoms with van der Waals surface area (Å²) < 4.78 is 15.0. The summed E-state index contributed by atoms with van der Waals surface area (Å²) >= 11 is 1.81. The summed E-state index contributed by atoms with van der Waals surface area (Å²) in [6.07, 6.45) is 1.78. The van der Waals surface area contributed by atoms with Gasteiger partial charge in [0.1, 0.15) is 17.3 Å². The maximum atomic E-state index is 13.0. The minimum Gasteiger partial charge on any atom is -0.333 e. The first-order chi connectivity index (χ1) is 9.63. The Hall–Kier alpha value is -1.82. The van der Waals surface area contributed by atoms with Gasteiger partial charge in [-0.15, -0.1) is 0 Å². The lowest BCUT2D eigenvalue weighted by atomic mass is 10.2. The topological polar surface area (TPSA) is 46.9 Å². The van der Waals surface area contributed by atoms with Crippen LogP contribution in [0, 0.1) is 12.7 Å². The van der Waals surface area contributed by atoms with Crippen molar-refractivity contribution in [3.8, 4) is 0 Å². The Morgan fingerprint density at radius 1 is 1.50 bits per heavy atom. The highest BCUT2D eigenvalue weighted by molar-refractivity contribution is 7.98. The Labute approximate surface area is 120 Å². The predicted octanol–water partition coefficient (Wildman–Crippen LogP) is 2.83. The number of hydrogen-bond acceptors (Lipinski definition) is 3. The third-order valence-corrected chi connectivity index (χ3v) is 4.17. The van der Waals surface area contributed by atoms with Crippen molar-refractivity contribution in [2.24, 2.45) is 0 Å². The second-order valence-corrected chi connectivity index (χ2v) is 5.81. The van der Waals surface area contributed by atoms with Gasteiger partial charge in [-0.25, -0.2) is 9.37 Å². The molecule has 1 aliphatic heterocycles. The molecule has 2 aromatic rings. The van der Waals surface area contributed by atoms with Gasteiger partial charge in [0.2, 0.25) is 0 Å². The van der Waals surface area contributed by atoms with Gasteiger partial charge >= 0.3 is 0 Å². The lowest BCUT2D eigenvalue weighted by molar-refractivity contribution is 0.102. The molecule has 2 heterocycles. The highest BCUT2D eigenvalue weighted by Gasteiger charge is 2.17. The lowest BCUT2D eigenvalue weighted by Gasteiger charge is -2.11. The summed E-state index contributed by atoms with van der Waals surface area (Å²) in [7, 11) is 0. The van der Waals surface area contributed by atoms with E-state index in [1.54, 1.807) is 19.2 Å². The number of fused-ring (bicyclic) bond motifs is 1. The molecule has 1 amide bonds. The molecule has 6 heteroatoms. The van der Waals surface area contributed by atoms with Crippen molar-refractivity contribution >= 4 is 23.4 Å². The van der Waals surface area contributed by atoms with Gasteiger partial charge in [0.05, 0.1) is 5.75 Å². The van der Waals surface area contributed by atoms with Crippen molar-refractivity contribution < 1.29 is 9.18 Å². The molecule has 4 nitrogen and oxygen atoms in total. The molecule has 0 aliphatic carbocycles. The van der Waals surface area contributed by atoms with E-state index in [4.69, 9.17) is 0 Å². The molecular formula is C14H14FN3OS. The number of nitrogens with zero attached hydrogens (tertiary/aromatic N) is 2. The van der Waals surface area contributed by atoms with E-state index in [9.17, 15) is 9.18 Å². The molecule has 0 fully saturated rings. The first-order valence-electron chi connectivity index (χ1n) is 6.35. The summed E-state index contributed by atoms with van der Waals surface area (Å²) in [5.74, 6) is 2.24. The van der Waals surface area contributed by atoms with Gasteiger partial charge in [0.25, 0.3) is 5.91 Å². The predicted molar refractivity (Wildman–Crippen MR) is 77.5 cm³/mol. The quantitative estimate of drug-likeness (QED) is 0.925. The summed E-state index contributed by atoms with van der Waals surface area (Å²) in [4.78, 5) is 16.5. The lowest BCUT2D eigenvalue weighted by Crippen LogP contribution is -2.13. The highest BCUT2D eigenvalue weighted by atomic mass is 32.2. The maximum absolute atomic E-state index is 13.0. The molecule has 0 atom stereocenters. The molecule has 0 spiro atoms. The van der Waals surface area contributed by atoms with Crippen LogP contribution in [0.3, 0.4) is 0 Å². The number of halogens is 1. The molecule has 0 radical (unpaired) electrons. The Balaban J connectivity index is 1.80. The van der Waals surface area contributed by atoms with Crippen LogP contribution in [0.1, 0.15) is 21.9 Å². The number of carbonyl (C=O) groups excluding carboxylic acids is 1. The smallest absolute Gasteiger partial charge is 0.275 e. The van der Waals surface area contributed by atoms with Gasteiger partial charge < -0.3 is 9.88 Å². The number of amides is 1. The number of benzene rings is 1. The summed E-state index contributed by atoms with van der Waals surface area (Å²) in [6, 6.07) is 4.29. The zero-order valence-corrected chi connectivity index (χ0v) is 11.8. The SMILES string of the molecule is Cc1cc(F)ccc1NC(=O)c1cn2c(n1)CSCC2. The van der Waals surface area contributed by atoms with Crippen molar-refractivity contribution in [1.29, 1.82) is 0 Å². The van der Waals surface area contributed by atoms with Gasteiger partial charge in [0, 0.05) is 24.2 Å². The van der Waals surface area contributed by atoms with E-state index in [-0.39, 0.29) is 11.7 Å². The van der Waals surface area contributed by atoms with Crippen LogP contribution in [0.15, 0.2) is 24.4 Å². The monoisotopic (exact) mass is 291 g/mol. The number of hydrogen-bond donors (Lipinski definition) is 1. The Kier molecular flexibility index (Phi) is 3.48.